The fraction of sp³-hybridized carbons (Fsp3) is 0.200. The Labute approximate surface area is 136 Å². The molecule has 0 atom stereocenters. The SMILES string of the molecule is COc1cc(CNc2cccc(Cl)c2F)cc(Br)c1OC. The summed E-state index contributed by atoms with van der Waals surface area (Å²) in [6.45, 7) is 0.427. The Balaban J connectivity index is 2.20. The number of nitrogens with one attached hydrogen (secondary N) is 1. The normalized spacial score (nSPS) is 10.3. The lowest BCUT2D eigenvalue weighted by Gasteiger charge is -2.13. The van der Waals surface area contributed by atoms with Gasteiger partial charge in [-0.05, 0) is 45.8 Å². The van der Waals surface area contributed by atoms with E-state index in [2.05, 4.69) is 21.2 Å². The largest absolute Gasteiger partial charge is 0.493 e. The maximum absolute atomic E-state index is 13.8. The Morgan fingerprint density at radius 1 is 1.24 bits per heavy atom. The monoisotopic (exact) mass is 373 g/mol. The van der Waals surface area contributed by atoms with Crippen molar-refractivity contribution in [1.29, 1.82) is 0 Å². The van der Waals surface area contributed by atoms with Crippen LogP contribution in [0.5, 0.6) is 11.5 Å². The van der Waals surface area contributed by atoms with Gasteiger partial charge in [0.1, 0.15) is 0 Å². The van der Waals surface area contributed by atoms with Gasteiger partial charge in [-0.15, -0.1) is 0 Å². The lowest BCUT2D eigenvalue weighted by Crippen LogP contribution is -2.03. The molecule has 1 N–H and O–H groups in total. The molecule has 0 radical (unpaired) electrons. The maximum atomic E-state index is 13.8. The molecule has 0 unspecified atom stereocenters. The van der Waals surface area contributed by atoms with Gasteiger partial charge in [0.2, 0.25) is 0 Å². The zero-order chi connectivity index (χ0) is 15.4. The molecule has 0 heterocycles. The van der Waals surface area contributed by atoms with E-state index in [1.165, 1.54) is 6.07 Å². The fourth-order valence-electron chi connectivity index (χ4n) is 1.91. The predicted molar refractivity (Wildman–Crippen MR) is 86.0 cm³/mol. The number of methoxy groups -OCH3 is 2. The lowest BCUT2D eigenvalue weighted by atomic mass is 10.2. The van der Waals surface area contributed by atoms with Gasteiger partial charge in [0.25, 0.3) is 0 Å². The van der Waals surface area contributed by atoms with Crippen LogP contribution in [0.1, 0.15) is 5.56 Å². The molecule has 0 aliphatic carbocycles. The number of halogens is 3. The van der Waals surface area contributed by atoms with Crippen molar-refractivity contribution in [3.63, 3.8) is 0 Å². The summed E-state index contributed by atoms with van der Waals surface area (Å²) in [5.41, 5.74) is 1.27. The Morgan fingerprint density at radius 2 is 2.00 bits per heavy atom. The van der Waals surface area contributed by atoms with Crippen LogP contribution in [0, 0.1) is 5.82 Å². The molecule has 0 aliphatic rings. The summed E-state index contributed by atoms with van der Waals surface area (Å²) in [5.74, 6) is 0.768. The topological polar surface area (TPSA) is 30.5 Å². The lowest BCUT2D eigenvalue weighted by molar-refractivity contribution is 0.352. The molecule has 2 aromatic rings. The van der Waals surface area contributed by atoms with E-state index in [4.69, 9.17) is 21.1 Å². The molecule has 0 saturated carbocycles. The number of hydrogen-bond donors (Lipinski definition) is 1. The van der Waals surface area contributed by atoms with Gasteiger partial charge in [0.15, 0.2) is 17.3 Å². The van der Waals surface area contributed by atoms with Crippen molar-refractivity contribution in [3.8, 4) is 11.5 Å². The Kier molecular flexibility index (Phi) is 5.31. The van der Waals surface area contributed by atoms with E-state index in [1.54, 1.807) is 26.4 Å². The van der Waals surface area contributed by atoms with E-state index in [0.29, 0.717) is 23.7 Å². The third-order valence-corrected chi connectivity index (χ3v) is 3.81. The van der Waals surface area contributed by atoms with E-state index in [-0.39, 0.29) is 5.02 Å². The number of ether oxygens (including phenoxy) is 2. The van der Waals surface area contributed by atoms with Crippen molar-refractivity contribution in [1.82, 2.24) is 0 Å². The van der Waals surface area contributed by atoms with Gasteiger partial charge in [-0.25, -0.2) is 4.39 Å². The van der Waals surface area contributed by atoms with E-state index < -0.39 is 5.82 Å². The van der Waals surface area contributed by atoms with E-state index in [1.807, 2.05) is 12.1 Å². The zero-order valence-electron chi connectivity index (χ0n) is 11.5. The van der Waals surface area contributed by atoms with Crippen LogP contribution in [0.3, 0.4) is 0 Å². The molecule has 2 aromatic carbocycles. The maximum Gasteiger partial charge on any atom is 0.174 e. The molecule has 3 nitrogen and oxygen atoms in total. The first-order valence-electron chi connectivity index (χ1n) is 6.15. The Bertz CT molecular complexity index is 652. The molecule has 0 aromatic heterocycles. The van der Waals surface area contributed by atoms with Crippen LogP contribution >= 0.6 is 27.5 Å². The van der Waals surface area contributed by atoms with Crippen molar-refractivity contribution >= 4 is 33.2 Å². The van der Waals surface area contributed by atoms with Crippen LogP contribution < -0.4 is 14.8 Å². The van der Waals surface area contributed by atoms with Crippen LogP contribution in [0.4, 0.5) is 10.1 Å². The summed E-state index contributed by atoms with van der Waals surface area (Å²) in [4.78, 5) is 0. The Morgan fingerprint density at radius 3 is 2.67 bits per heavy atom. The second-order valence-electron chi connectivity index (χ2n) is 4.27. The third kappa shape index (κ3) is 3.60. The van der Waals surface area contributed by atoms with Crippen LogP contribution in [0.25, 0.3) is 0 Å². The average Bonchev–Trinajstić information content (AvgIpc) is 2.48. The van der Waals surface area contributed by atoms with Crippen molar-refractivity contribution < 1.29 is 13.9 Å². The van der Waals surface area contributed by atoms with Crippen molar-refractivity contribution in [2.24, 2.45) is 0 Å². The van der Waals surface area contributed by atoms with Gasteiger partial charge in [0.05, 0.1) is 29.4 Å². The summed E-state index contributed by atoms with van der Waals surface area (Å²) in [6, 6.07) is 8.56. The number of hydrogen-bond acceptors (Lipinski definition) is 3. The minimum Gasteiger partial charge on any atom is -0.493 e. The van der Waals surface area contributed by atoms with Gasteiger partial charge in [0, 0.05) is 6.54 Å². The van der Waals surface area contributed by atoms with Crippen molar-refractivity contribution in [2.45, 2.75) is 6.54 Å². The summed E-state index contributed by atoms with van der Waals surface area (Å²) in [7, 11) is 3.14. The highest BCUT2D eigenvalue weighted by molar-refractivity contribution is 9.10. The molecule has 21 heavy (non-hydrogen) atoms. The minimum atomic E-state index is -0.460. The fourth-order valence-corrected chi connectivity index (χ4v) is 2.74. The van der Waals surface area contributed by atoms with Gasteiger partial charge in [-0.3, -0.25) is 0 Å². The molecule has 2 rings (SSSR count). The molecule has 112 valence electrons. The van der Waals surface area contributed by atoms with E-state index in [9.17, 15) is 4.39 Å². The first-order chi connectivity index (χ1) is 10.1. The average molecular weight is 375 g/mol. The number of rotatable bonds is 5. The van der Waals surface area contributed by atoms with Gasteiger partial charge >= 0.3 is 0 Å². The number of anilines is 1. The molecular formula is C15H14BrClFNO2. The predicted octanol–water partition coefficient (Wildman–Crippen LogP) is 4.87. The molecule has 6 heteroatoms. The smallest absolute Gasteiger partial charge is 0.174 e. The molecule has 0 amide bonds. The Hall–Kier alpha value is -1.46. The summed E-state index contributed by atoms with van der Waals surface area (Å²) < 4.78 is 25.1. The van der Waals surface area contributed by atoms with Gasteiger partial charge < -0.3 is 14.8 Å². The van der Waals surface area contributed by atoms with Crippen LogP contribution in [0.2, 0.25) is 5.02 Å². The van der Waals surface area contributed by atoms with Gasteiger partial charge in [-0.1, -0.05) is 17.7 Å². The second kappa shape index (κ2) is 7.00. The third-order valence-electron chi connectivity index (χ3n) is 2.93. The summed E-state index contributed by atoms with van der Waals surface area (Å²) >= 11 is 9.17. The number of benzene rings is 2. The van der Waals surface area contributed by atoms with Crippen LogP contribution in [0.15, 0.2) is 34.8 Å². The first kappa shape index (κ1) is 15.9. The molecule has 0 aliphatic heterocycles. The highest BCUT2D eigenvalue weighted by Gasteiger charge is 2.11. The highest BCUT2D eigenvalue weighted by Crippen LogP contribution is 2.36. The zero-order valence-corrected chi connectivity index (χ0v) is 13.9. The minimum absolute atomic E-state index is 0.0912. The van der Waals surface area contributed by atoms with Gasteiger partial charge in [-0.2, -0.15) is 0 Å². The molecule has 0 fully saturated rings. The standard InChI is InChI=1S/C15H14BrClFNO2/c1-20-13-7-9(6-10(16)15(13)21-2)8-19-12-5-3-4-11(17)14(12)18/h3-7,19H,8H2,1-2H3. The first-order valence-corrected chi connectivity index (χ1v) is 7.32. The van der Waals surface area contributed by atoms with Crippen molar-refractivity contribution in [3.05, 3.63) is 51.2 Å². The van der Waals surface area contributed by atoms with E-state index in [0.717, 1.165) is 10.0 Å². The van der Waals surface area contributed by atoms with Crippen LogP contribution in [-0.4, -0.2) is 14.2 Å². The molecule has 0 bridgehead atoms. The van der Waals surface area contributed by atoms with Crippen LogP contribution in [-0.2, 0) is 6.54 Å². The quantitative estimate of drug-likeness (QED) is 0.810. The second-order valence-corrected chi connectivity index (χ2v) is 5.53. The molecular weight excluding hydrogens is 361 g/mol. The summed E-state index contributed by atoms with van der Waals surface area (Å²) in [5, 5.41) is 3.10. The highest BCUT2D eigenvalue weighted by atomic mass is 79.9. The van der Waals surface area contributed by atoms with E-state index >= 15 is 0 Å². The molecule has 0 spiro atoms. The van der Waals surface area contributed by atoms with Crippen molar-refractivity contribution in [2.75, 3.05) is 19.5 Å². The molecule has 0 saturated heterocycles. The summed E-state index contributed by atoms with van der Waals surface area (Å²) in [6.07, 6.45) is 0.